The zero-order chi connectivity index (χ0) is 17.8. The van der Waals surface area contributed by atoms with Crippen LogP contribution in [-0.4, -0.2) is 54.4 Å². The van der Waals surface area contributed by atoms with Crippen LogP contribution in [0.15, 0.2) is 24.3 Å². The van der Waals surface area contributed by atoms with E-state index in [-0.39, 0.29) is 17.7 Å². The molecule has 3 rings (SSSR count). The Labute approximate surface area is 146 Å². The van der Waals surface area contributed by atoms with Gasteiger partial charge in [0.2, 0.25) is 11.8 Å². The number of carbonyl (C=O) groups is 3. The fourth-order valence-electron chi connectivity index (χ4n) is 3.33. The molecule has 0 radical (unpaired) electrons. The summed E-state index contributed by atoms with van der Waals surface area (Å²) in [7, 11) is 0. The van der Waals surface area contributed by atoms with Gasteiger partial charge in [0.15, 0.2) is 0 Å². The molecule has 2 unspecified atom stereocenters. The quantitative estimate of drug-likeness (QED) is 0.822. The summed E-state index contributed by atoms with van der Waals surface area (Å²) in [5.74, 6) is 0.0359. The molecule has 2 saturated heterocycles. The Morgan fingerprint density at radius 3 is 2.92 bits per heavy atom. The average Bonchev–Trinajstić information content (AvgIpc) is 3.24. The van der Waals surface area contributed by atoms with Crippen LogP contribution in [0.1, 0.15) is 36.5 Å². The van der Waals surface area contributed by atoms with E-state index < -0.39 is 12.1 Å². The van der Waals surface area contributed by atoms with E-state index in [2.05, 4.69) is 10.6 Å². The number of likely N-dealkylation sites (tertiary alicyclic amines) is 1. The second-order valence-electron chi connectivity index (χ2n) is 6.26. The number of benzene rings is 1. The van der Waals surface area contributed by atoms with E-state index in [0.717, 1.165) is 6.42 Å². The van der Waals surface area contributed by atoms with Gasteiger partial charge in [-0.1, -0.05) is 6.07 Å². The van der Waals surface area contributed by atoms with Crippen molar-refractivity contribution >= 4 is 17.7 Å². The van der Waals surface area contributed by atoms with Crippen LogP contribution in [0.2, 0.25) is 0 Å². The summed E-state index contributed by atoms with van der Waals surface area (Å²) in [5, 5.41) is 5.46. The van der Waals surface area contributed by atoms with Crippen molar-refractivity contribution in [3.05, 3.63) is 29.8 Å². The van der Waals surface area contributed by atoms with Crippen LogP contribution >= 0.6 is 0 Å². The summed E-state index contributed by atoms with van der Waals surface area (Å²) in [5.41, 5.74) is 0.504. The molecule has 0 aliphatic carbocycles. The molecule has 0 saturated carbocycles. The van der Waals surface area contributed by atoms with Crippen LogP contribution < -0.4 is 15.4 Å². The molecule has 0 bridgehead atoms. The van der Waals surface area contributed by atoms with E-state index in [0.29, 0.717) is 43.9 Å². The predicted molar refractivity (Wildman–Crippen MR) is 91.2 cm³/mol. The van der Waals surface area contributed by atoms with E-state index in [1.165, 1.54) is 0 Å². The van der Waals surface area contributed by atoms with Gasteiger partial charge in [0, 0.05) is 18.7 Å². The summed E-state index contributed by atoms with van der Waals surface area (Å²) in [6.07, 6.45) is 1.96. The minimum absolute atomic E-state index is 0.159. The van der Waals surface area contributed by atoms with Gasteiger partial charge < -0.3 is 20.3 Å². The second kappa shape index (κ2) is 7.55. The summed E-state index contributed by atoms with van der Waals surface area (Å²) in [4.78, 5) is 38.6. The highest BCUT2D eigenvalue weighted by atomic mass is 16.5. The van der Waals surface area contributed by atoms with E-state index in [9.17, 15) is 14.4 Å². The van der Waals surface area contributed by atoms with Gasteiger partial charge in [-0.2, -0.15) is 0 Å². The molecule has 2 fully saturated rings. The molecule has 7 heteroatoms. The van der Waals surface area contributed by atoms with E-state index in [4.69, 9.17) is 4.74 Å². The van der Waals surface area contributed by atoms with E-state index in [1.807, 2.05) is 6.92 Å². The van der Waals surface area contributed by atoms with Gasteiger partial charge >= 0.3 is 0 Å². The highest BCUT2D eigenvalue weighted by molar-refractivity contribution is 5.99. The number of rotatable bonds is 5. The van der Waals surface area contributed by atoms with Gasteiger partial charge in [-0.15, -0.1) is 0 Å². The number of ether oxygens (including phenoxy) is 1. The fraction of sp³-hybridized carbons (Fsp3) is 0.500. The molecule has 2 aliphatic rings. The standard InChI is InChI=1S/C18H23N3O4/c1-2-25-13-6-3-5-12(11-13)18(24)21-10-4-7-15(21)17(23)20-14-8-9-19-16(14)22/h3,5-6,11,14-15H,2,4,7-10H2,1H3,(H,19,22)(H,20,23). The lowest BCUT2D eigenvalue weighted by molar-refractivity contribution is -0.129. The molecule has 1 aromatic carbocycles. The van der Waals surface area contributed by atoms with Crippen molar-refractivity contribution in [1.82, 2.24) is 15.5 Å². The summed E-state index contributed by atoms with van der Waals surface area (Å²) >= 11 is 0. The normalized spacial score (nSPS) is 22.6. The minimum atomic E-state index is -0.531. The van der Waals surface area contributed by atoms with Gasteiger partial charge in [0.25, 0.3) is 5.91 Å². The zero-order valence-corrected chi connectivity index (χ0v) is 14.3. The van der Waals surface area contributed by atoms with Crippen LogP contribution in [0, 0.1) is 0 Å². The smallest absolute Gasteiger partial charge is 0.254 e. The number of hydrogen-bond donors (Lipinski definition) is 2. The predicted octanol–water partition coefficient (Wildman–Crippen LogP) is 0.695. The van der Waals surface area contributed by atoms with Crippen LogP contribution in [0.25, 0.3) is 0 Å². The maximum absolute atomic E-state index is 12.8. The third-order valence-corrected chi connectivity index (χ3v) is 4.57. The fourth-order valence-corrected chi connectivity index (χ4v) is 3.33. The van der Waals surface area contributed by atoms with Crippen LogP contribution in [-0.2, 0) is 9.59 Å². The van der Waals surface area contributed by atoms with E-state index in [1.54, 1.807) is 29.2 Å². The minimum Gasteiger partial charge on any atom is -0.494 e. The van der Waals surface area contributed by atoms with Gasteiger partial charge in [0.1, 0.15) is 17.8 Å². The largest absolute Gasteiger partial charge is 0.494 e. The highest BCUT2D eigenvalue weighted by Gasteiger charge is 2.37. The zero-order valence-electron chi connectivity index (χ0n) is 14.3. The van der Waals surface area contributed by atoms with Crippen molar-refractivity contribution in [2.45, 2.75) is 38.3 Å². The second-order valence-corrected chi connectivity index (χ2v) is 6.26. The first-order valence-electron chi connectivity index (χ1n) is 8.72. The number of hydrogen-bond acceptors (Lipinski definition) is 4. The Balaban J connectivity index is 1.70. The van der Waals surface area contributed by atoms with Crippen molar-refractivity contribution in [2.24, 2.45) is 0 Å². The molecule has 3 amide bonds. The lowest BCUT2D eigenvalue weighted by Gasteiger charge is -2.25. The van der Waals surface area contributed by atoms with Crippen molar-refractivity contribution < 1.29 is 19.1 Å². The van der Waals surface area contributed by atoms with Gasteiger partial charge in [0.05, 0.1) is 6.61 Å². The molecule has 7 nitrogen and oxygen atoms in total. The molecule has 1 aromatic rings. The molecule has 0 spiro atoms. The van der Waals surface area contributed by atoms with Crippen molar-refractivity contribution in [3.63, 3.8) is 0 Å². The number of carbonyl (C=O) groups excluding carboxylic acids is 3. The molecular weight excluding hydrogens is 322 g/mol. The summed E-state index contributed by atoms with van der Waals surface area (Å²) in [6.45, 7) is 3.51. The van der Waals surface area contributed by atoms with E-state index >= 15 is 0 Å². The van der Waals surface area contributed by atoms with Crippen LogP contribution in [0.5, 0.6) is 5.75 Å². The monoisotopic (exact) mass is 345 g/mol. The first-order chi connectivity index (χ1) is 12.1. The number of nitrogens with zero attached hydrogens (tertiary/aromatic N) is 1. The molecule has 2 N–H and O–H groups in total. The number of amides is 3. The molecule has 0 aromatic heterocycles. The Morgan fingerprint density at radius 2 is 2.20 bits per heavy atom. The Morgan fingerprint density at radius 1 is 1.36 bits per heavy atom. The van der Waals surface area contributed by atoms with Gasteiger partial charge in [-0.05, 0) is 44.4 Å². The topological polar surface area (TPSA) is 87.7 Å². The third kappa shape index (κ3) is 3.75. The Kier molecular flexibility index (Phi) is 5.21. The highest BCUT2D eigenvalue weighted by Crippen LogP contribution is 2.22. The first kappa shape index (κ1) is 17.3. The maximum Gasteiger partial charge on any atom is 0.254 e. The first-order valence-corrected chi connectivity index (χ1v) is 8.72. The van der Waals surface area contributed by atoms with Gasteiger partial charge in [-0.25, -0.2) is 0 Å². The molecule has 2 aliphatic heterocycles. The van der Waals surface area contributed by atoms with Crippen molar-refractivity contribution in [3.8, 4) is 5.75 Å². The molecule has 2 heterocycles. The number of nitrogens with one attached hydrogen (secondary N) is 2. The summed E-state index contributed by atoms with van der Waals surface area (Å²) < 4.78 is 5.44. The van der Waals surface area contributed by atoms with Crippen LogP contribution in [0.3, 0.4) is 0 Å². The van der Waals surface area contributed by atoms with Gasteiger partial charge in [-0.3, -0.25) is 14.4 Å². The lowest BCUT2D eigenvalue weighted by atomic mass is 10.1. The SMILES string of the molecule is CCOc1cccc(C(=O)N2CCCC2C(=O)NC2CCNC2=O)c1. The summed E-state index contributed by atoms with van der Waals surface area (Å²) in [6, 6.07) is 5.97. The third-order valence-electron chi connectivity index (χ3n) is 4.57. The Bertz CT molecular complexity index is 676. The van der Waals surface area contributed by atoms with Crippen molar-refractivity contribution in [1.29, 1.82) is 0 Å². The molecule has 134 valence electrons. The average molecular weight is 345 g/mol. The molecular formula is C18H23N3O4. The molecule has 25 heavy (non-hydrogen) atoms. The van der Waals surface area contributed by atoms with Crippen molar-refractivity contribution in [2.75, 3.05) is 19.7 Å². The van der Waals surface area contributed by atoms with Crippen LogP contribution in [0.4, 0.5) is 0 Å². The molecule has 2 atom stereocenters. The lowest BCUT2D eigenvalue weighted by Crippen LogP contribution is -2.50. The Hall–Kier alpha value is -2.57. The maximum atomic E-state index is 12.8.